The highest BCUT2D eigenvalue weighted by molar-refractivity contribution is 8.01. The molecular weight excluding hydrogens is 242 g/mol. The van der Waals surface area contributed by atoms with Gasteiger partial charge in [-0.3, -0.25) is 5.41 Å². The molecule has 0 aliphatic heterocycles. The highest BCUT2D eigenvalue weighted by Crippen LogP contribution is 2.27. The number of aromatic nitrogens is 2. The molecule has 1 rings (SSSR count). The van der Waals surface area contributed by atoms with Gasteiger partial charge in [-0.15, -0.1) is 10.2 Å². The van der Waals surface area contributed by atoms with Gasteiger partial charge in [-0.05, 0) is 12.8 Å². The van der Waals surface area contributed by atoms with Crippen molar-refractivity contribution in [2.75, 3.05) is 24.7 Å². The summed E-state index contributed by atoms with van der Waals surface area (Å²) in [4.78, 5) is 1.96. The van der Waals surface area contributed by atoms with Gasteiger partial charge in [-0.25, -0.2) is 0 Å². The Morgan fingerprint density at radius 1 is 1.44 bits per heavy atom. The van der Waals surface area contributed by atoms with E-state index < -0.39 is 0 Å². The summed E-state index contributed by atoms with van der Waals surface area (Å²) < 4.78 is 1.01. The van der Waals surface area contributed by atoms with E-state index in [1.807, 2.05) is 19.0 Å². The minimum atomic E-state index is 0.274. The second kappa shape index (κ2) is 6.70. The number of hydrogen-bond donors (Lipinski definition) is 2. The van der Waals surface area contributed by atoms with Crippen LogP contribution in [-0.2, 0) is 0 Å². The Kier molecular flexibility index (Phi) is 5.54. The molecule has 16 heavy (non-hydrogen) atoms. The molecule has 1 aromatic heterocycles. The zero-order valence-electron chi connectivity index (χ0n) is 9.56. The average molecular weight is 259 g/mol. The predicted molar refractivity (Wildman–Crippen MR) is 70.7 cm³/mol. The molecule has 0 aromatic carbocycles. The van der Waals surface area contributed by atoms with E-state index in [2.05, 4.69) is 10.2 Å². The minimum absolute atomic E-state index is 0.274. The SMILES string of the molecule is CN(C)c1nnc(SCCCCC(=N)N)s1. The normalized spacial score (nSPS) is 10.4. The summed E-state index contributed by atoms with van der Waals surface area (Å²) in [5.41, 5.74) is 5.27. The number of rotatable bonds is 7. The van der Waals surface area contributed by atoms with Crippen LogP contribution in [0.25, 0.3) is 0 Å². The van der Waals surface area contributed by atoms with E-state index in [1.54, 1.807) is 23.1 Å². The van der Waals surface area contributed by atoms with Crippen LogP contribution < -0.4 is 10.6 Å². The van der Waals surface area contributed by atoms with Crippen molar-refractivity contribution in [2.24, 2.45) is 5.73 Å². The second-order valence-corrected chi connectivity index (χ2v) is 5.87. The van der Waals surface area contributed by atoms with Crippen LogP contribution in [0.1, 0.15) is 19.3 Å². The number of anilines is 1. The third kappa shape index (κ3) is 4.80. The minimum Gasteiger partial charge on any atom is -0.388 e. The maximum atomic E-state index is 7.09. The van der Waals surface area contributed by atoms with Crippen LogP contribution in [0.3, 0.4) is 0 Å². The van der Waals surface area contributed by atoms with Gasteiger partial charge in [0.25, 0.3) is 0 Å². The molecule has 0 saturated carbocycles. The number of unbranched alkanes of at least 4 members (excludes halogenated alkanes) is 1. The number of nitrogens with zero attached hydrogens (tertiary/aromatic N) is 3. The summed E-state index contributed by atoms with van der Waals surface area (Å²) in [6, 6.07) is 0. The first-order chi connectivity index (χ1) is 7.59. The monoisotopic (exact) mass is 259 g/mol. The Hall–Kier alpha value is -0.820. The fourth-order valence-electron chi connectivity index (χ4n) is 1.02. The summed E-state index contributed by atoms with van der Waals surface area (Å²) in [5.74, 6) is 1.28. The molecule has 0 amide bonds. The highest BCUT2D eigenvalue weighted by atomic mass is 32.2. The van der Waals surface area contributed by atoms with Crippen LogP contribution in [0.4, 0.5) is 5.13 Å². The summed E-state index contributed by atoms with van der Waals surface area (Å²) in [5, 5.41) is 16.2. The summed E-state index contributed by atoms with van der Waals surface area (Å²) in [6.45, 7) is 0. The topological polar surface area (TPSA) is 78.9 Å². The zero-order valence-corrected chi connectivity index (χ0v) is 11.2. The van der Waals surface area contributed by atoms with Crippen molar-refractivity contribution >= 4 is 34.1 Å². The molecule has 5 nitrogen and oxygen atoms in total. The molecule has 0 fully saturated rings. The second-order valence-electron chi connectivity index (χ2n) is 3.58. The van der Waals surface area contributed by atoms with Crippen molar-refractivity contribution in [3.63, 3.8) is 0 Å². The molecule has 0 unspecified atom stereocenters. The van der Waals surface area contributed by atoms with E-state index in [0.717, 1.165) is 28.1 Å². The Morgan fingerprint density at radius 3 is 2.75 bits per heavy atom. The largest absolute Gasteiger partial charge is 0.388 e. The van der Waals surface area contributed by atoms with E-state index in [-0.39, 0.29) is 5.84 Å². The van der Waals surface area contributed by atoms with Gasteiger partial charge in [0.15, 0.2) is 4.34 Å². The number of hydrogen-bond acceptors (Lipinski definition) is 6. The fourth-order valence-corrected chi connectivity index (χ4v) is 2.85. The molecule has 0 saturated heterocycles. The lowest BCUT2D eigenvalue weighted by atomic mass is 10.2. The Balaban J connectivity index is 2.19. The van der Waals surface area contributed by atoms with Crippen molar-refractivity contribution < 1.29 is 0 Å². The van der Waals surface area contributed by atoms with Crippen molar-refractivity contribution in [3.05, 3.63) is 0 Å². The maximum Gasteiger partial charge on any atom is 0.208 e. The first kappa shape index (κ1) is 13.2. The molecule has 0 atom stereocenters. The van der Waals surface area contributed by atoms with Crippen LogP contribution >= 0.6 is 23.1 Å². The van der Waals surface area contributed by atoms with Gasteiger partial charge in [-0.2, -0.15) is 0 Å². The molecule has 90 valence electrons. The van der Waals surface area contributed by atoms with Gasteiger partial charge < -0.3 is 10.6 Å². The van der Waals surface area contributed by atoms with Crippen LogP contribution in [-0.4, -0.2) is 35.9 Å². The van der Waals surface area contributed by atoms with Gasteiger partial charge >= 0.3 is 0 Å². The Bertz CT molecular complexity index is 336. The standard InChI is InChI=1S/C9H17N5S2/c1-14(2)8-12-13-9(16-8)15-6-4-3-5-7(10)11/h3-6H2,1-2H3,(H3,10,11). The first-order valence-electron chi connectivity index (χ1n) is 5.06. The van der Waals surface area contributed by atoms with Gasteiger partial charge in [-0.1, -0.05) is 23.1 Å². The van der Waals surface area contributed by atoms with Crippen molar-refractivity contribution in [3.8, 4) is 0 Å². The first-order valence-corrected chi connectivity index (χ1v) is 6.86. The van der Waals surface area contributed by atoms with E-state index >= 15 is 0 Å². The Labute approximate surface area is 104 Å². The van der Waals surface area contributed by atoms with Gasteiger partial charge in [0.2, 0.25) is 5.13 Å². The van der Waals surface area contributed by atoms with E-state index in [4.69, 9.17) is 11.1 Å². The third-order valence-corrected chi connectivity index (χ3v) is 4.15. The molecular formula is C9H17N5S2. The molecule has 7 heteroatoms. The summed E-state index contributed by atoms with van der Waals surface area (Å²) in [7, 11) is 3.92. The van der Waals surface area contributed by atoms with Crippen LogP contribution in [0.5, 0.6) is 0 Å². The number of nitrogens with one attached hydrogen (secondary N) is 1. The van der Waals surface area contributed by atoms with Crippen LogP contribution in [0, 0.1) is 5.41 Å². The number of thioether (sulfide) groups is 1. The van der Waals surface area contributed by atoms with Crippen molar-refractivity contribution in [1.82, 2.24) is 10.2 Å². The average Bonchev–Trinajstić information content (AvgIpc) is 2.65. The van der Waals surface area contributed by atoms with Crippen molar-refractivity contribution in [1.29, 1.82) is 5.41 Å². The molecule has 0 bridgehead atoms. The molecule has 1 heterocycles. The van der Waals surface area contributed by atoms with Gasteiger partial charge in [0.1, 0.15) is 0 Å². The lowest BCUT2D eigenvalue weighted by Crippen LogP contribution is -2.08. The van der Waals surface area contributed by atoms with Gasteiger partial charge in [0.05, 0.1) is 5.84 Å². The Morgan fingerprint density at radius 2 is 2.19 bits per heavy atom. The van der Waals surface area contributed by atoms with Crippen molar-refractivity contribution in [2.45, 2.75) is 23.6 Å². The van der Waals surface area contributed by atoms with E-state index in [0.29, 0.717) is 6.42 Å². The molecule has 0 aliphatic rings. The summed E-state index contributed by atoms with van der Waals surface area (Å²) in [6.07, 6.45) is 2.72. The van der Waals surface area contributed by atoms with Gasteiger partial charge in [0, 0.05) is 26.3 Å². The highest BCUT2D eigenvalue weighted by Gasteiger charge is 2.05. The number of amidine groups is 1. The molecule has 0 radical (unpaired) electrons. The van der Waals surface area contributed by atoms with Crippen LogP contribution in [0.15, 0.2) is 4.34 Å². The molecule has 0 aliphatic carbocycles. The molecule has 3 N–H and O–H groups in total. The zero-order chi connectivity index (χ0) is 12.0. The van der Waals surface area contributed by atoms with E-state index in [9.17, 15) is 0 Å². The quantitative estimate of drug-likeness (QED) is 0.338. The lowest BCUT2D eigenvalue weighted by molar-refractivity contribution is 0.836. The third-order valence-electron chi connectivity index (χ3n) is 1.84. The lowest BCUT2D eigenvalue weighted by Gasteiger charge is -2.03. The number of nitrogens with two attached hydrogens (primary N) is 1. The fraction of sp³-hybridized carbons (Fsp3) is 0.667. The van der Waals surface area contributed by atoms with Crippen LogP contribution in [0.2, 0.25) is 0 Å². The summed E-state index contributed by atoms with van der Waals surface area (Å²) >= 11 is 3.32. The smallest absolute Gasteiger partial charge is 0.208 e. The maximum absolute atomic E-state index is 7.09. The predicted octanol–water partition coefficient (Wildman–Crippen LogP) is 1.80. The molecule has 0 spiro atoms. The molecule has 1 aromatic rings. The van der Waals surface area contributed by atoms with E-state index in [1.165, 1.54) is 0 Å².